The first-order valence-corrected chi connectivity index (χ1v) is 10.7. The highest BCUT2D eigenvalue weighted by atomic mass is 16.5. The summed E-state index contributed by atoms with van der Waals surface area (Å²) in [6, 6.07) is 9.55. The monoisotopic (exact) mass is 417 g/mol. The summed E-state index contributed by atoms with van der Waals surface area (Å²) in [5.41, 5.74) is 4.09. The molecule has 7 heteroatoms. The van der Waals surface area contributed by atoms with Crippen molar-refractivity contribution >= 4 is 11.6 Å². The average molecular weight is 418 g/mol. The number of anilines is 2. The second kappa shape index (κ2) is 9.64. The van der Waals surface area contributed by atoms with Gasteiger partial charge in [-0.1, -0.05) is 31.2 Å². The van der Waals surface area contributed by atoms with Crippen molar-refractivity contribution in [2.75, 3.05) is 5.32 Å². The van der Waals surface area contributed by atoms with Crippen LogP contribution in [0.3, 0.4) is 0 Å². The summed E-state index contributed by atoms with van der Waals surface area (Å²) in [6.07, 6.45) is 10.7. The lowest BCUT2D eigenvalue weighted by molar-refractivity contribution is 0.204. The molecular formula is C24H27N5O2. The van der Waals surface area contributed by atoms with E-state index in [9.17, 15) is 4.91 Å². The lowest BCUT2D eigenvalue weighted by Crippen LogP contribution is -2.13. The minimum absolute atomic E-state index is 0.178. The first-order valence-electron chi connectivity index (χ1n) is 10.7. The van der Waals surface area contributed by atoms with Crippen LogP contribution in [-0.4, -0.2) is 21.1 Å². The van der Waals surface area contributed by atoms with Gasteiger partial charge in [0.25, 0.3) is 0 Å². The summed E-state index contributed by atoms with van der Waals surface area (Å²) < 4.78 is 6.31. The summed E-state index contributed by atoms with van der Waals surface area (Å²) in [4.78, 5) is 23.5. The van der Waals surface area contributed by atoms with Gasteiger partial charge in [-0.15, -0.1) is 0 Å². The van der Waals surface area contributed by atoms with E-state index in [1.54, 1.807) is 0 Å². The van der Waals surface area contributed by atoms with Gasteiger partial charge in [0.05, 0.1) is 12.3 Å². The normalized spacial score (nSPS) is 18.2. The molecule has 2 atom stereocenters. The summed E-state index contributed by atoms with van der Waals surface area (Å²) in [5, 5.41) is 6.09. The van der Waals surface area contributed by atoms with Crippen LogP contribution in [0.2, 0.25) is 0 Å². The Balaban J connectivity index is 1.35. The zero-order valence-corrected chi connectivity index (χ0v) is 17.9. The van der Waals surface area contributed by atoms with Crippen molar-refractivity contribution in [2.24, 2.45) is 5.18 Å². The zero-order valence-electron chi connectivity index (χ0n) is 17.9. The third kappa shape index (κ3) is 5.23. The quantitative estimate of drug-likeness (QED) is 0.472. The molecule has 4 rings (SSSR count). The highest BCUT2D eigenvalue weighted by Gasteiger charge is 2.28. The molecule has 1 aliphatic rings. The van der Waals surface area contributed by atoms with E-state index in [1.165, 1.54) is 5.56 Å². The number of aromatic nitrogens is 3. The lowest BCUT2D eigenvalue weighted by Gasteiger charge is -2.18. The molecule has 0 aliphatic heterocycles. The van der Waals surface area contributed by atoms with E-state index in [2.05, 4.69) is 39.3 Å². The van der Waals surface area contributed by atoms with Crippen LogP contribution >= 0.6 is 0 Å². The van der Waals surface area contributed by atoms with Crippen molar-refractivity contribution in [2.45, 2.75) is 57.6 Å². The van der Waals surface area contributed by atoms with Gasteiger partial charge in [-0.05, 0) is 66.0 Å². The highest BCUT2D eigenvalue weighted by Crippen LogP contribution is 2.37. The lowest BCUT2D eigenvalue weighted by atomic mass is 10.0. The number of benzene rings is 1. The maximum absolute atomic E-state index is 10.3. The van der Waals surface area contributed by atoms with E-state index in [4.69, 9.17) is 4.74 Å². The van der Waals surface area contributed by atoms with Crippen molar-refractivity contribution in [3.8, 4) is 5.75 Å². The van der Waals surface area contributed by atoms with Crippen LogP contribution in [0, 0.1) is 4.91 Å². The van der Waals surface area contributed by atoms with E-state index >= 15 is 0 Å². The number of ether oxygens (including phenoxy) is 1. The van der Waals surface area contributed by atoms with E-state index in [0.717, 1.165) is 41.8 Å². The molecule has 1 aliphatic carbocycles. The molecule has 0 bridgehead atoms. The standard InChI is InChI=1S/C24H27N5O2/c1-16(2)22-9-10-25-15-23(22)31-21-8-5-18(11-21)19-13-26-24(27-14-19)29-20-6-3-17(4-7-20)12-28-30/h3-4,6-7,9-10,13-16,18,21H,5,8,11-12H2,1-2H3,(H,26,27,29). The maximum atomic E-state index is 10.3. The molecular weight excluding hydrogens is 390 g/mol. The van der Waals surface area contributed by atoms with Gasteiger partial charge >= 0.3 is 0 Å². The van der Waals surface area contributed by atoms with Crippen LogP contribution in [0.4, 0.5) is 11.6 Å². The minimum Gasteiger partial charge on any atom is -0.488 e. The van der Waals surface area contributed by atoms with Crippen LogP contribution in [0.25, 0.3) is 0 Å². The van der Waals surface area contributed by atoms with Crippen LogP contribution in [0.1, 0.15) is 61.6 Å². The second-order valence-electron chi connectivity index (χ2n) is 8.27. The van der Waals surface area contributed by atoms with Crippen molar-refractivity contribution in [3.05, 3.63) is 76.7 Å². The summed E-state index contributed by atoms with van der Waals surface area (Å²) in [5.74, 6) is 2.25. The van der Waals surface area contributed by atoms with Gasteiger partial charge in [-0.2, -0.15) is 4.91 Å². The Hall–Kier alpha value is -3.35. The number of nitrogens with one attached hydrogen (secondary N) is 1. The first-order chi connectivity index (χ1) is 15.1. The Morgan fingerprint density at radius 3 is 2.58 bits per heavy atom. The maximum Gasteiger partial charge on any atom is 0.227 e. The SMILES string of the molecule is CC(C)c1ccncc1OC1CCC(c2cnc(Nc3ccc(CN=O)cc3)nc2)C1. The van der Waals surface area contributed by atoms with Crippen molar-refractivity contribution in [3.63, 3.8) is 0 Å². The number of hydrogen-bond donors (Lipinski definition) is 1. The molecule has 0 amide bonds. The molecule has 1 fully saturated rings. The van der Waals surface area contributed by atoms with Gasteiger partial charge in [0.2, 0.25) is 5.95 Å². The molecule has 0 radical (unpaired) electrons. The average Bonchev–Trinajstić information content (AvgIpc) is 3.24. The van der Waals surface area contributed by atoms with Gasteiger partial charge in [0.15, 0.2) is 0 Å². The van der Waals surface area contributed by atoms with E-state index in [0.29, 0.717) is 17.8 Å². The Labute approximate surface area is 182 Å². The Kier molecular flexibility index (Phi) is 6.50. The number of nitroso groups, excluding NO2 is 1. The van der Waals surface area contributed by atoms with Gasteiger partial charge in [-0.25, -0.2) is 9.97 Å². The highest BCUT2D eigenvalue weighted by molar-refractivity contribution is 5.53. The van der Waals surface area contributed by atoms with Gasteiger partial charge in [-0.3, -0.25) is 4.98 Å². The summed E-state index contributed by atoms with van der Waals surface area (Å²) >= 11 is 0. The molecule has 1 saturated carbocycles. The summed E-state index contributed by atoms with van der Waals surface area (Å²) in [7, 11) is 0. The van der Waals surface area contributed by atoms with E-state index < -0.39 is 0 Å². The molecule has 7 nitrogen and oxygen atoms in total. The molecule has 160 valence electrons. The number of rotatable bonds is 8. The molecule has 3 aromatic rings. The van der Waals surface area contributed by atoms with Crippen molar-refractivity contribution in [1.29, 1.82) is 0 Å². The fraction of sp³-hybridized carbons (Fsp3) is 0.375. The molecule has 1 aromatic carbocycles. The zero-order chi connectivity index (χ0) is 21.6. The van der Waals surface area contributed by atoms with Crippen molar-refractivity contribution in [1.82, 2.24) is 15.0 Å². The molecule has 2 unspecified atom stereocenters. The molecule has 1 N–H and O–H groups in total. The predicted octanol–water partition coefficient (Wildman–Crippen LogP) is 5.72. The Morgan fingerprint density at radius 1 is 1.10 bits per heavy atom. The van der Waals surface area contributed by atoms with E-state index in [1.807, 2.05) is 55.1 Å². The van der Waals surface area contributed by atoms with Gasteiger partial charge < -0.3 is 10.1 Å². The topological polar surface area (TPSA) is 89.4 Å². The molecule has 0 saturated heterocycles. The number of pyridine rings is 1. The van der Waals surface area contributed by atoms with E-state index in [-0.39, 0.29) is 12.6 Å². The minimum atomic E-state index is 0.178. The van der Waals surface area contributed by atoms with Crippen molar-refractivity contribution < 1.29 is 4.74 Å². The largest absolute Gasteiger partial charge is 0.488 e. The fourth-order valence-corrected chi connectivity index (χ4v) is 4.01. The predicted molar refractivity (Wildman–Crippen MR) is 121 cm³/mol. The Morgan fingerprint density at radius 2 is 1.87 bits per heavy atom. The van der Waals surface area contributed by atoms with Crippen LogP contribution in [-0.2, 0) is 6.54 Å². The van der Waals surface area contributed by atoms with Gasteiger partial charge in [0.1, 0.15) is 12.3 Å². The van der Waals surface area contributed by atoms with Crippen LogP contribution in [0.5, 0.6) is 5.75 Å². The first kappa shape index (κ1) is 20.9. The Bertz CT molecular complexity index is 1010. The molecule has 2 aromatic heterocycles. The fourth-order valence-electron chi connectivity index (χ4n) is 4.01. The molecule has 31 heavy (non-hydrogen) atoms. The third-order valence-electron chi connectivity index (χ3n) is 5.72. The van der Waals surface area contributed by atoms with Crippen LogP contribution in [0.15, 0.2) is 60.3 Å². The smallest absolute Gasteiger partial charge is 0.227 e. The van der Waals surface area contributed by atoms with Crippen LogP contribution < -0.4 is 10.1 Å². The second-order valence-corrected chi connectivity index (χ2v) is 8.27. The molecule has 0 spiro atoms. The summed E-state index contributed by atoms with van der Waals surface area (Å²) in [6.45, 7) is 4.52. The van der Waals surface area contributed by atoms with Gasteiger partial charge in [0, 0.05) is 24.3 Å². The number of nitrogens with zero attached hydrogens (tertiary/aromatic N) is 4. The third-order valence-corrected chi connectivity index (χ3v) is 5.72. The number of hydrogen-bond acceptors (Lipinski definition) is 7. The molecule has 2 heterocycles.